The van der Waals surface area contributed by atoms with Crippen LogP contribution >= 0.6 is 0 Å². The van der Waals surface area contributed by atoms with E-state index in [0.717, 1.165) is 36.3 Å². The van der Waals surface area contributed by atoms with Gasteiger partial charge in [0.05, 0.1) is 12.1 Å². The summed E-state index contributed by atoms with van der Waals surface area (Å²) in [4.78, 5) is 4.52. The van der Waals surface area contributed by atoms with E-state index in [9.17, 15) is 0 Å². The number of hydrogen-bond acceptors (Lipinski definition) is 4. The molecule has 3 rings (SSSR count). The first kappa shape index (κ1) is 13.1. The minimum atomic E-state index is 0.550. The lowest BCUT2D eigenvalue weighted by Gasteiger charge is -2.30. The zero-order chi connectivity index (χ0) is 13.9. The molecule has 5 nitrogen and oxygen atoms in total. The van der Waals surface area contributed by atoms with E-state index in [-0.39, 0.29) is 0 Å². The molecular weight excluding hydrogens is 252 g/mol. The molecule has 0 unspecified atom stereocenters. The minimum absolute atomic E-state index is 0.550. The van der Waals surface area contributed by atoms with Crippen LogP contribution in [-0.4, -0.2) is 29.4 Å². The second kappa shape index (κ2) is 5.61. The lowest BCUT2D eigenvalue weighted by molar-refractivity contribution is 0.320. The van der Waals surface area contributed by atoms with Gasteiger partial charge in [-0.15, -0.1) is 0 Å². The van der Waals surface area contributed by atoms with Gasteiger partial charge in [-0.25, -0.2) is 9.66 Å². The minimum Gasteiger partial charge on any atom is -0.491 e. The van der Waals surface area contributed by atoms with Crippen LogP contribution < -0.4 is 15.5 Å². The highest BCUT2D eigenvalue weighted by molar-refractivity contribution is 5.84. The maximum atomic E-state index is 6.14. The van der Waals surface area contributed by atoms with Crippen LogP contribution in [0.4, 0.5) is 5.95 Å². The molecule has 108 valence electrons. The highest BCUT2D eigenvalue weighted by Gasteiger charge is 2.18. The maximum absolute atomic E-state index is 6.14. The zero-order valence-corrected chi connectivity index (χ0v) is 12.0. The number of nitrogens with two attached hydrogens (primary N) is 1. The summed E-state index contributed by atoms with van der Waals surface area (Å²) in [5.74, 6) is 1.38. The second-order valence-electron chi connectivity index (χ2n) is 5.27. The Morgan fingerprint density at radius 3 is 2.80 bits per heavy atom. The van der Waals surface area contributed by atoms with E-state index in [1.54, 1.807) is 0 Å². The van der Waals surface area contributed by atoms with Crippen LogP contribution in [0.2, 0.25) is 0 Å². The monoisotopic (exact) mass is 274 g/mol. The van der Waals surface area contributed by atoms with Crippen LogP contribution in [0.1, 0.15) is 32.6 Å². The Balaban J connectivity index is 2.02. The average Bonchev–Trinajstić information content (AvgIpc) is 2.82. The van der Waals surface area contributed by atoms with Crippen molar-refractivity contribution < 1.29 is 4.74 Å². The molecule has 0 radical (unpaired) electrons. The highest BCUT2D eigenvalue weighted by atomic mass is 16.5. The van der Waals surface area contributed by atoms with Crippen molar-refractivity contribution in [3.63, 3.8) is 0 Å². The summed E-state index contributed by atoms with van der Waals surface area (Å²) in [6.45, 7) is 4.88. The Bertz CT molecular complexity index is 587. The molecule has 5 heteroatoms. The van der Waals surface area contributed by atoms with Gasteiger partial charge < -0.3 is 15.5 Å². The fourth-order valence-corrected chi connectivity index (χ4v) is 2.78. The van der Waals surface area contributed by atoms with E-state index in [4.69, 9.17) is 10.5 Å². The number of aromatic nitrogens is 2. The lowest BCUT2D eigenvalue weighted by Crippen LogP contribution is -2.39. The van der Waals surface area contributed by atoms with Crippen LogP contribution in [0, 0.1) is 0 Å². The van der Waals surface area contributed by atoms with Gasteiger partial charge in [-0.1, -0.05) is 13.0 Å². The van der Waals surface area contributed by atoms with Crippen molar-refractivity contribution in [3.8, 4) is 5.75 Å². The molecule has 1 aromatic heterocycles. The average molecular weight is 274 g/mol. The molecule has 0 saturated carbocycles. The van der Waals surface area contributed by atoms with Crippen molar-refractivity contribution in [1.29, 1.82) is 0 Å². The largest absolute Gasteiger partial charge is 0.491 e. The van der Waals surface area contributed by atoms with Crippen LogP contribution in [-0.2, 0) is 0 Å². The van der Waals surface area contributed by atoms with Gasteiger partial charge >= 0.3 is 0 Å². The Hall–Kier alpha value is -1.91. The number of ether oxygens (including phenoxy) is 1. The maximum Gasteiger partial charge on any atom is 0.220 e. The fourth-order valence-electron chi connectivity index (χ4n) is 2.78. The molecule has 1 saturated heterocycles. The van der Waals surface area contributed by atoms with Gasteiger partial charge in [0.25, 0.3) is 0 Å². The summed E-state index contributed by atoms with van der Waals surface area (Å²) in [5, 5.41) is 2.29. The van der Waals surface area contributed by atoms with E-state index in [0.29, 0.717) is 12.6 Å². The van der Waals surface area contributed by atoms with E-state index >= 15 is 0 Å². The molecule has 1 fully saturated rings. The Morgan fingerprint density at radius 2 is 2.05 bits per heavy atom. The van der Waals surface area contributed by atoms with E-state index < -0.39 is 0 Å². The fraction of sp³-hybridized carbons (Fsp3) is 0.533. The van der Waals surface area contributed by atoms with Crippen molar-refractivity contribution in [1.82, 2.24) is 9.66 Å². The number of rotatable bonds is 4. The van der Waals surface area contributed by atoms with Crippen molar-refractivity contribution in [2.45, 2.75) is 32.6 Å². The molecule has 1 aromatic carbocycles. The van der Waals surface area contributed by atoms with E-state index in [2.05, 4.69) is 23.0 Å². The predicted octanol–water partition coefficient (Wildman–Crippen LogP) is 2.53. The molecule has 1 aliphatic rings. The Morgan fingerprint density at radius 1 is 1.25 bits per heavy atom. The van der Waals surface area contributed by atoms with E-state index in [1.807, 2.05) is 16.8 Å². The van der Waals surface area contributed by atoms with Crippen LogP contribution in [0.3, 0.4) is 0 Å². The molecule has 1 aliphatic heterocycles. The summed E-state index contributed by atoms with van der Waals surface area (Å²) in [7, 11) is 0. The number of fused-ring (bicyclic) bond motifs is 1. The third kappa shape index (κ3) is 2.28. The van der Waals surface area contributed by atoms with E-state index in [1.165, 1.54) is 19.3 Å². The summed E-state index contributed by atoms with van der Waals surface area (Å²) >= 11 is 0. The molecule has 2 aromatic rings. The number of anilines is 1. The normalized spacial score (nSPS) is 15.8. The molecular formula is C15H22N4O. The molecule has 2 N–H and O–H groups in total. The van der Waals surface area contributed by atoms with Crippen molar-refractivity contribution in [2.24, 2.45) is 0 Å². The van der Waals surface area contributed by atoms with Crippen molar-refractivity contribution in [3.05, 3.63) is 18.2 Å². The number of hydrogen-bond donors (Lipinski definition) is 1. The third-order valence-corrected chi connectivity index (χ3v) is 3.73. The number of para-hydroxylation sites is 1. The van der Waals surface area contributed by atoms with Gasteiger partial charge in [0.1, 0.15) is 11.3 Å². The van der Waals surface area contributed by atoms with Gasteiger partial charge in [0, 0.05) is 13.1 Å². The summed E-state index contributed by atoms with van der Waals surface area (Å²) in [6, 6.07) is 6.03. The topological polar surface area (TPSA) is 56.3 Å². The zero-order valence-electron chi connectivity index (χ0n) is 12.0. The molecule has 2 heterocycles. The lowest BCUT2D eigenvalue weighted by atomic mass is 10.2. The Labute approximate surface area is 119 Å². The van der Waals surface area contributed by atoms with Gasteiger partial charge in [0.15, 0.2) is 0 Å². The summed E-state index contributed by atoms with van der Waals surface area (Å²) < 4.78 is 7.82. The smallest absolute Gasteiger partial charge is 0.220 e. The SMILES string of the molecule is CCCOc1cccc2c1nc(N)n2N1CCCCC1. The standard InChI is InChI=1S/C15H22N4O/c1-2-11-20-13-8-6-7-12-14(13)17-15(16)19(12)18-9-4-3-5-10-18/h6-8H,2-5,9-11H2,1H3,(H2,16,17). The molecule has 0 amide bonds. The van der Waals surface area contributed by atoms with Gasteiger partial charge in [-0.3, -0.25) is 0 Å². The van der Waals surface area contributed by atoms with Gasteiger partial charge in [-0.2, -0.15) is 0 Å². The number of piperidine rings is 1. The quantitative estimate of drug-likeness (QED) is 0.931. The number of nitrogens with zero attached hydrogens (tertiary/aromatic N) is 3. The Kier molecular flexibility index (Phi) is 3.67. The summed E-state index contributed by atoms with van der Waals surface area (Å²) in [6.07, 6.45) is 4.71. The first-order valence-electron chi connectivity index (χ1n) is 7.46. The molecule has 0 atom stereocenters. The van der Waals surface area contributed by atoms with Crippen molar-refractivity contribution in [2.75, 3.05) is 30.4 Å². The molecule has 20 heavy (non-hydrogen) atoms. The van der Waals surface area contributed by atoms with Gasteiger partial charge in [-0.05, 0) is 37.8 Å². The molecule has 0 aliphatic carbocycles. The number of imidazole rings is 1. The highest BCUT2D eigenvalue weighted by Crippen LogP contribution is 2.28. The predicted molar refractivity (Wildman–Crippen MR) is 81.7 cm³/mol. The molecule has 0 spiro atoms. The summed E-state index contributed by atoms with van der Waals surface area (Å²) in [5.41, 5.74) is 8.04. The van der Waals surface area contributed by atoms with Crippen LogP contribution in [0.5, 0.6) is 5.75 Å². The first-order valence-corrected chi connectivity index (χ1v) is 7.46. The molecule has 0 bridgehead atoms. The first-order chi connectivity index (χ1) is 9.81. The second-order valence-corrected chi connectivity index (χ2v) is 5.27. The number of benzene rings is 1. The third-order valence-electron chi connectivity index (χ3n) is 3.73. The van der Waals surface area contributed by atoms with Crippen LogP contribution in [0.15, 0.2) is 18.2 Å². The van der Waals surface area contributed by atoms with Crippen molar-refractivity contribution >= 4 is 17.0 Å². The number of nitrogen functional groups attached to an aromatic ring is 1. The van der Waals surface area contributed by atoms with Gasteiger partial charge in [0.2, 0.25) is 5.95 Å². The van der Waals surface area contributed by atoms with Crippen LogP contribution in [0.25, 0.3) is 11.0 Å².